The first-order chi connectivity index (χ1) is 10.1. The lowest BCUT2D eigenvalue weighted by Gasteiger charge is -2.35. The monoisotopic (exact) mass is 353 g/mol. The van der Waals surface area contributed by atoms with Gasteiger partial charge < -0.3 is 10.0 Å². The van der Waals surface area contributed by atoms with E-state index in [-0.39, 0.29) is 6.10 Å². The Kier molecular flexibility index (Phi) is 6.72. The van der Waals surface area contributed by atoms with Crippen molar-refractivity contribution in [2.45, 2.75) is 51.7 Å². The van der Waals surface area contributed by atoms with E-state index >= 15 is 0 Å². The van der Waals surface area contributed by atoms with Crippen molar-refractivity contribution in [1.29, 1.82) is 0 Å². The fourth-order valence-electron chi connectivity index (χ4n) is 3.62. The Morgan fingerprint density at radius 1 is 1.33 bits per heavy atom. The van der Waals surface area contributed by atoms with Crippen LogP contribution in [-0.2, 0) is 6.54 Å². The summed E-state index contributed by atoms with van der Waals surface area (Å²) in [6.45, 7) is 4.20. The van der Waals surface area contributed by atoms with Crippen LogP contribution >= 0.6 is 15.9 Å². The van der Waals surface area contributed by atoms with Gasteiger partial charge in [-0.25, -0.2) is 0 Å². The minimum atomic E-state index is -0.108. The average Bonchev–Trinajstić information content (AvgIpc) is 2.43. The molecule has 3 heteroatoms. The van der Waals surface area contributed by atoms with Gasteiger partial charge in [0.05, 0.1) is 6.10 Å². The minimum absolute atomic E-state index is 0.108. The third-order valence-corrected chi connectivity index (χ3v) is 5.13. The molecular formula is C18H28BrNO. The van der Waals surface area contributed by atoms with Crippen LogP contribution in [0.25, 0.3) is 0 Å². The zero-order valence-corrected chi connectivity index (χ0v) is 14.8. The van der Waals surface area contributed by atoms with Gasteiger partial charge in [-0.15, -0.1) is 0 Å². The summed E-state index contributed by atoms with van der Waals surface area (Å²) in [7, 11) is 2.16. The van der Waals surface area contributed by atoms with Gasteiger partial charge in [0.25, 0.3) is 0 Å². The molecule has 0 amide bonds. The summed E-state index contributed by atoms with van der Waals surface area (Å²) >= 11 is 3.53. The molecule has 1 aromatic carbocycles. The normalized spacial score (nSPS) is 26.2. The molecule has 0 bridgehead atoms. The predicted molar refractivity (Wildman–Crippen MR) is 92.2 cm³/mol. The first kappa shape index (κ1) is 17.0. The van der Waals surface area contributed by atoms with Crippen molar-refractivity contribution < 1.29 is 5.11 Å². The lowest BCUT2D eigenvalue weighted by molar-refractivity contribution is 0.0288. The van der Waals surface area contributed by atoms with E-state index in [9.17, 15) is 5.11 Å². The van der Waals surface area contributed by atoms with Gasteiger partial charge in [-0.2, -0.15) is 0 Å². The minimum Gasteiger partial charge on any atom is -0.393 e. The number of benzene rings is 1. The second-order valence-corrected chi connectivity index (χ2v) is 7.54. The maximum Gasteiger partial charge on any atom is 0.0580 e. The van der Waals surface area contributed by atoms with Crippen LogP contribution in [0.3, 0.4) is 0 Å². The van der Waals surface area contributed by atoms with Gasteiger partial charge in [-0.05, 0) is 55.8 Å². The van der Waals surface area contributed by atoms with Gasteiger partial charge in [0.2, 0.25) is 0 Å². The van der Waals surface area contributed by atoms with E-state index < -0.39 is 0 Å². The van der Waals surface area contributed by atoms with E-state index in [4.69, 9.17) is 0 Å². The molecule has 0 aromatic heterocycles. The standard InChI is InChI=1S/C18H28BrNO/c1-3-5-14-8-9-18(21)16(10-14)13-20(2)12-15-6-4-7-17(19)11-15/h4,6-7,11,14,16,18,21H,3,5,8-10,12-13H2,1-2H3. The molecule has 1 N–H and O–H groups in total. The molecule has 0 heterocycles. The molecule has 0 saturated heterocycles. The van der Waals surface area contributed by atoms with Gasteiger partial charge in [-0.1, -0.05) is 47.8 Å². The second kappa shape index (κ2) is 8.30. The van der Waals surface area contributed by atoms with Crippen molar-refractivity contribution in [2.75, 3.05) is 13.6 Å². The Morgan fingerprint density at radius 2 is 2.14 bits per heavy atom. The molecule has 2 rings (SSSR count). The molecule has 118 valence electrons. The summed E-state index contributed by atoms with van der Waals surface area (Å²) in [5, 5.41) is 10.3. The van der Waals surface area contributed by atoms with Crippen molar-refractivity contribution in [3.05, 3.63) is 34.3 Å². The van der Waals surface area contributed by atoms with Crippen molar-refractivity contribution >= 4 is 15.9 Å². The van der Waals surface area contributed by atoms with Crippen LogP contribution in [0.1, 0.15) is 44.6 Å². The fourth-order valence-corrected chi connectivity index (χ4v) is 4.07. The van der Waals surface area contributed by atoms with Gasteiger partial charge in [0, 0.05) is 17.6 Å². The molecule has 0 aliphatic heterocycles. The molecule has 2 nitrogen and oxygen atoms in total. The van der Waals surface area contributed by atoms with E-state index in [1.54, 1.807) is 0 Å². The van der Waals surface area contributed by atoms with Crippen LogP contribution in [0, 0.1) is 11.8 Å². The van der Waals surface area contributed by atoms with Crippen molar-refractivity contribution in [3.63, 3.8) is 0 Å². The summed E-state index contributed by atoms with van der Waals surface area (Å²) < 4.78 is 1.13. The molecule has 0 radical (unpaired) electrons. The Bertz CT molecular complexity index is 437. The Balaban J connectivity index is 1.87. The zero-order chi connectivity index (χ0) is 15.2. The maximum atomic E-state index is 10.3. The van der Waals surface area contributed by atoms with Crippen LogP contribution in [0.5, 0.6) is 0 Å². The number of halogens is 1. The smallest absolute Gasteiger partial charge is 0.0580 e. The quantitative estimate of drug-likeness (QED) is 0.815. The number of nitrogens with zero attached hydrogens (tertiary/aromatic N) is 1. The summed E-state index contributed by atoms with van der Waals surface area (Å²) in [6, 6.07) is 8.48. The summed E-state index contributed by atoms with van der Waals surface area (Å²) in [5.74, 6) is 1.26. The molecule has 3 unspecified atom stereocenters. The highest BCUT2D eigenvalue weighted by molar-refractivity contribution is 9.10. The molecule has 1 aliphatic rings. The summed E-state index contributed by atoms with van der Waals surface area (Å²) in [5.41, 5.74) is 1.32. The maximum absolute atomic E-state index is 10.3. The van der Waals surface area contributed by atoms with E-state index in [1.807, 2.05) is 0 Å². The van der Waals surface area contributed by atoms with Gasteiger partial charge >= 0.3 is 0 Å². The number of aliphatic hydroxyl groups is 1. The van der Waals surface area contributed by atoms with E-state index in [0.717, 1.165) is 29.9 Å². The highest BCUT2D eigenvalue weighted by Crippen LogP contribution is 2.32. The summed E-state index contributed by atoms with van der Waals surface area (Å²) in [6.07, 6.45) is 5.86. The predicted octanol–water partition coefficient (Wildman–Crippen LogP) is 4.46. The fraction of sp³-hybridized carbons (Fsp3) is 0.667. The van der Waals surface area contributed by atoms with Crippen molar-refractivity contribution in [2.24, 2.45) is 11.8 Å². The van der Waals surface area contributed by atoms with E-state index in [2.05, 4.69) is 59.1 Å². The largest absolute Gasteiger partial charge is 0.393 e. The third-order valence-electron chi connectivity index (χ3n) is 4.64. The first-order valence-electron chi connectivity index (χ1n) is 8.19. The lowest BCUT2D eigenvalue weighted by atomic mass is 9.77. The van der Waals surface area contributed by atoms with Crippen molar-refractivity contribution in [3.8, 4) is 0 Å². The third kappa shape index (κ3) is 5.39. The Morgan fingerprint density at radius 3 is 2.86 bits per heavy atom. The van der Waals surface area contributed by atoms with Gasteiger partial charge in [0.1, 0.15) is 0 Å². The molecule has 1 fully saturated rings. The van der Waals surface area contributed by atoms with Gasteiger partial charge in [0.15, 0.2) is 0 Å². The lowest BCUT2D eigenvalue weighted by Crippen LogP contribution is -2.37. The molecule has 1 saturated carbocycles. The number of rotatable bonds is 6. The van der Waals surface area contributed by atoms with E-state index in [1.165, 1.54) is 31.2 Å². The molecule has 0 spiro atoms. The van der Waals surface area contributed by atoms with Crippen LogP contribution in [-0.4, -0.2) is 29.7 Å². The highest BCUT2D eigenvalue weighted by Gasteiger charge is 2.29. The first-order valence-corrected chi connectivity index (χ1v) is 8.98. The number of hydrogen-bond acceptors (Lipinski definition) is 2. The van der Waals surface area contributed by atoms with Gasteiger partial charge in [-0.3, -0.25) is 0 Å². The number of hydrogen-bond donors (Lipinski definition) is 1. The molecule has 3 atom stereocenters. The average molecular weight is 354 g/mol. The van der Waals surface area contributed by atoms with Crippen LogP contribution in [0.4, 0.5) is 0 Å². The molecule has 1 aliphatic carbocycles. The van der Waals surface area contributed by atoms with Crippen molar-refractivity contribution in [1.82, 2.24) is 4.90 Å². The molecule has 1 aromatic rings. The van der Waals surface area contributed by atoms with Crippen LogP contribution in [0.15, 0.2) is 28.7 Å². The molecule has 21 heavy (non-hydrogen) atoms. The Labute approximate surface area is 137 Å². The summed E-state index contributed by atoms with van der Waals surface area (Å²) in [4.78, 5) is 2.35. The van der Waals surface area contributed by atoms with Crippen LogP contribution < -0.4 is 0 Å². The topological polar surface area (TPSA) is 23.5 Å². The Hall–Kier alpha value is -0.380. The highest BCUT2D eigenvalue weighted by atomic mass is 79.9. The SMILES string of the molecule is CCCC1CCC(O)C(CN(C)Cc2cccc(Br)c2)C1. The zero-order valence-electron chi connectivity index (χ0n) is 13.3. The molecular weight excluding hydrogens is 326 g/mol. The van der Waals surface area contributed by atoms with E-state index in [0.29, 0.717) is 5.92 Å². The number of aliphatic hydroxyl groups excluding tert-OH is 1. The second-order valence-electron chi connectivity index (χ2n) is 6.62. The van der Waals surface area contributed by atoms with Crippen LogP contribution in [0.2, 0.25) is 0 Å².